The molecule has 0 spiro atoms. The topological polar surface area (TPSA) is 61.4 Å². The SMILES string of the molecule is CC1CCC(CO)(NCC(=O)NCC(F)(F)F)CC1. The van der Waals surface area contributed by atoms with Crippen LogP contribution in [0.15, 0.2) is 0 Å². The molecule has 0 aliphatic heterocycles. The van der Waals surface area contributed by atoms with Gasteiger partial charge in [-0.05, 0) is 31.6 Å². The Morgan fingerprint density at radius 1 is 1.37 bits per heavy atom. The summed E-state index contributed by atoms with van der Waals surface area (Å²) in [7, 11) is 0. The minimum Gasteiger partial charge on any atom is -0.394 e. The van der Waals surface area contributed by atoms with Gasteiger partial charge in [-0.3, -0.25) is 4.79 Å². The summed E-state index contributed by atoms with van der Waals surface area (Å²) < 4.78 is 35.8. The monoisotopic (exact) mass is 282 g/mol. The predicted octanol–water partition coefficient (Wildman–Crippen LogP) is 1.20. The molecule has 1 aliphatic carbocycles. The Bertz CT molecular complexity index is 300. The van der Waals surface area contributed by atoms with Gasteiger partial charge in [0.05, 0.1) is 13.2 Å². The molecule has 112 valence electrons. The molecule has 1 aliphatic rings. The largest absolute Gasteiger partial charge is 0.405 e. The van der Waals surface area contributed by atoms with Crippen LogP contribution in [0.4, 0.5) is 13.2 Å². The van der Waals surface area contributed by atoms with E-state index in [-0.39, 0.29) is 13.2 Å². The Hall–Kier alpha value is -0.820. The van der Waals surface area contributed by atoms with Crippen molar-refractivity contribution in [1.82, 2.24) is 10.6 Å². The average Bonchev–Trinajstić information content (AvgIpc) is 2.35. The highest BCUT2D eigenvalue weighted by Crippen LogP contribution is 2.31. The first-order valence-corrected chi connectivity index (χ1v) is 6.46. The van der Waals surface area contributed by atoms with Crippen molar-refractivity contribution in [2.75, 3.05) is 19.7 Å². The number of nitrogens with one attached hydrogen (secondary N) is 2. The molecule has 1 rings (SSSR count). The minimum absolute atomic E-state index is 0.105. The van der Waals surface area contributed by atoms with Crippen molar-refractivity contribution in [3.63, 3.8) is 0 Å². The van der Waals surface area contributed by atoms with E-state index in [0.29, 0.717) is 5.92 Å². The van der Waals surface area contributed by atoms with Crippen molar-refractivity contribution in [1.29, 1.82) is 0 Å². The van der Waals surface area contributed by atoms with Crippen molar-refractivity contribution < 1.29 is 23.1 Å². The zero-order valence-electron chi connectivity index (χ0n) is 11.0. The fourth-order valence-corrected chi connectivity index (χ4v) is 2.23. The number of carbonyl (C=O) groups is 1. The lowest BCUT2D eigenvalue weighted by Gasteiger charge is -2.38. The molecular weight excluding hydrogens is 261 g/mol. The van der Waals surface area contributed by atoms with Crippen LogP contribution < -0.4 is 10.6 Å². The van der Waals surface area contributed by atoms with Gasteiger partial charge < -0.3 is 15.7 Å². The molecule has 0 saturated heterocycles. The Balaban J connectivity index is 2.35. The van der Waals surface area contributed by atoms with Crippen LogP contribution in [0.3, 0.4) is 0 Å². The molecule has 0 aromatic heterocycles. The number of halogens is 3. The maximum atomic E-state index is 11.9. The summed E-state index contributed by atoms with van der Waals surface area (Å²) in [6.07, 6.45) is -1.05. The van der Waals surface area contributed by atoms with Gasteiger partial charge in [-0.15, -0.1) is 0 Å². The summed E-state index contributed by atoms with van der Waals surface area (Å²) in [5.41, 5.74) is -0.526. The molecule has 0 radical (unpaired) electrons. The highest BCUT2D eigenvalue weighted by atomic mass is 19.4. The van der Waals surface area contributed by atoms with Gasteiger partial charge in [0, 0.05) is 5.54 Å². The van der Waals surface area contributed by atoms with Gasteiger partial charge >= 0.3 is 6.18 Å². The predicted molar refractivity (Wildman–Crippen MR) is 64.5 cm³/mol. The second-order valence-electron chi connectivity index (χ2n) is 5.37. The number of amides is 1. The maximum absolute atomic E-state index is 11.9. The van der Waals surface area contributed by atoms with Crippen LogP contribution in [0.1, 0.15) is 32.6 Å². The van der Waals surface area contributed by atoms with E-state index in [2.05, 4.69) is 12.2 Å². The van der Waals surface area contributed by atoms with E-state index in [1.807, 2.05) is 0 Å². The van der Waals surface area contributed by atoms with Crippen LogP contribution in [0, 0.1) is 5.92 Å². The van der Waals surface area contributed by atoms with Crippen LogP contribution in [0.2, 0.25) is 0 Å². The van der Waals surface area contributed by atoms with Gasteiger partial charge in [-0.2, -0.15) is 13.2 Å². The van der Waals surface area contributed by atoms with E-state index in [9.17, 15) is 23.1 Å². The summed E-state index contributed by atoms with van der Waals surface area (Å²) >= 11 is 0. The molecular formula is C12H21F3N2O2. The third-order valence-electron chi connectivity index (χ3n) is 3.64. The average molecular weight is 282 g/mol. The molecule has 4 nitrogen and oxygen atoms in total. The third kappa shape index (κ3) is 5.78. The number of carbonyl (C=O) groups excluding carboxylic acids is 1. The zero-order valence-corrected chi connectivity index (χ0v) is 11.0. The molecule has 7 heteroatoms. The van der Waals surface area contributed by atoms with Gasteiger partial charge in [0.1, 0.15) is 6.54 Å². The standard InChI is InChI=1S/C12H21F3N2O2/c1-9-2-4-11(8-18,5-3-9)17-6-10(19)16-7-12(13,14)15/h9,17-18H,2-8H2,1H3,(H,16,19). The van der Waals surface area contributed by atoms with E-state index in [4.69, 9.17) is 0 Å². The summed E-state index contributed by atoms with van der Waals surface area (Å²) in [4.78, 5) is 11.3. The summed E-state index contributed by atoms with van der Waals surface area (Å²) in [6, 6.07) is 0. The number of aliphatic hydroxyl groups excluding tert-OH is 1. The van der Waals surface area contributed by atoms with Crippen LogP contribution >= 0.6 is 0 Å². The Morgan fingerprint density at radius 2 is 1.95 bits per heavy atom. The minimum atomic E-state index is -4.40. The summed E-state index contributed by atoms with van der Waals surface area (Å²) in [5, 5.41) is 14.1. The van der Waals surface area contributed by atoms with Gasteiger partial charge in [-0.25, -0.2) is 0 Å². The molecule has 0 atom stereocenters. The first-order valence-electron chi connectivity index (χ1n) is 6.46. The highest BCUT2D eigenvalue weighted by Gasteiger charge is 2.34. The molecule has 1 saturated carbocycles. The van der Waals surface area contributed by atoms with Gasteiger partial charge in [0.25, 0.3) is 0 Å². The smallest absolute Gasteiger partial charge is 0.394 e. The maximum Gasteiger partial charge on any atom is 0.405 e. The second kappa shape index (κ2) is 6.56. The van der Waals surface area contributed by atoms with E-state index < -0.39 is 24.2 Å². The molecule has 0 heterocycles. The van der Waals surface area contributed by atoms with E-state index in [1.165, 1.54) is 0 Å². The number of hydrogen-bond acceptors (Lipinski definition) is 3. The van der Waals surface area contributed by atoms with E-state index in [0.717, 1.165) is 25.7 Å². The van der Waals surface area contributed by atoms with Crippen LogP contribution in [0.5, 0.6) is 0 Å². The van der Waals surface area contributed by atoms with Crippen LogP contribution in [-0.2, 0) is 4.79 Å². The lowest BCUT2D eigenvalue weighted by Crippen LogP contribution is -2.54. The quantitative estimate of drug-likeness (QED) is 0.710. The van der Waals surface area contributed by atoms with Crippen molar-refractivity contribution in [2.45, 2.75) is 44.3 Å². The molecule has 1 fully saturated rings. The lowest BCUT2D eigenvalue weighted by molar-refractivity contribution is -0.138. The Kier molecular flexibility index (Phi) is 5.61. The van der Waals surface area contributed by atoms with E-state index >= 15 is 0 Å². The van der Waals surface area contributed by atoms with Crippen LogP contribution in [0.25, 0.3) is 0 Å². The van der Waals surface area contributed by atoms with Crippen molar-refractivity contribution >= 4 is 5.91 Å². The normalized spacial score (nSPS) is 28.2. The molecule has 0 aromatic carbocycles. The number of rotatable bonds is 5. The fourth-order valence-electron chi connectivity index (χ4n) is 2.23. The first kappa shape index (κ1) is 16.2. The Morgan fingerprint density at radius 3 is 2.42 bits per heavy atom. The van der Waals surface area contributed by atoms with Crippen molar-refractivity contribution in [3.05, 3.63) is 0 Å². The van der Waals surface area contributed by atoms with E-state index in [1.54, 1.807) is 5.32 Å². The number of hydrogen-bond donors (Lipinski definition) is 3. The molecule has 3 N–H and O–H groups in total. The van der Waals surface area contributed by atoms with Crippen molar-refractivity contribution in [3.8, 4) is 0 Å². The van der Waals surface area contributed by atoms with Crippen LogP contribution in [-0.4, -0.2) is 42.4 Å². The summed E-state index contributed by atoms with van der Waals surface area (Å²) in [5.74, 6) is -0.121. The third-order valence-corrected chi connectivity index (χ3v) is 3.64. The van der Waals surface area contributed by atoms with Gasteiger partial charge in [0.2, 0.25) is 5.91 Å². The number of alkyl halides is 3. The van der Waals surface area contributed by atoms with Gasteiger partial charge in [-0.1, -0.05) is 6.92 Å². The number of aliphatic hydroxyl groups is 1. The lowest BCUT2D eigenvalue weighted by atomic mass is 9.77. The fraction of sp³-hybridized carbons (Fsp3) is 0.917. The second-order valence-corrected chi connectivity index (χ2v) is 5.37. The zero-order chi connectivity index (χ0) is 14.5. The van der Waals surface area contributed by atoms with Crippen molar-refractivity contribution in [2.24, 2.45) is 5.92 Å². The first-order chi connectivity index (χ1) is 8.76. The molecule has 1 amide bonds. The molecule has 19 heavy (non-hydrogen) atoms. The highest BCUT2D eigenvalue weighted by molar-refractivity contribution is 5.78. The molecule has 0 aromatic rings. The Labute approximate surface area is 110 Å². The van der Waals surface area contributed by atoms with Gasteiger partial charge in [0.15, 0.2) is 0 Å². The molecule has 0 unspecified atom stereocenters. The summed E-state index contributed by atoms with van der Waals surface area (Å²) in [6.45, 7) is 0.491. The molecule has 0 bridgehead atoms.